The van der Waals surface area contributed by atoms with Crippen molar-refractivity contribution < 1.29 is 27.4 Å². The Kier molecular flexibility index (Phi) is 7.09. The Balaban J connectivity index is 1.24. The van der Waals surface area contributed by atoms with Gasteiger partial charge in [-0.1, -0.05) is 30.3 Å². The van der Waals surface area contributed by atoms with E-state index in [1.165, 1.54) is 13.2 Å². The average Bonchev–Trinajstić information content (AvgIpc) is 3.69. The molecule has 2 aliphatic rings. The van der Waals surface area contributed by atoms with Crippen molar-refractivity contribution in [3.8, 4) is 22.6 Å². The molecule has 2 heterocycles. The molecule has 0 amide bonds. The SMILES string of the molecule is COC(=O)C[C@@H]1COc2cc(CC[C@@H]3CCc4c3ccc(C(F)(F)F)c4-c3ccc(-n4nccc4C)cc3)ccc21. The van der Waals surface area contributed by atoms with Crippen LogP contribution < -0.4 is 4.74 Å². The number of rotatable bonds is 7. The normalized spacial score (nSPS) is 17.7. The van der Waals surface area contributed by atoms with Crippen LogP contribution in [0.3, 0.4) is 0 Å². The molecule has 1 aromatic heterocycles. The van der Waals surface area contributed by atoms with Crippen LogP contribution in [-0.2, 0) is 28.5 Å². The van der Waals surface area contributed by atoms with Gasteiger partial charge in [-0.15, -0.1) is 0 Å². The Hall–Kier alpha value is -4.07. The van der Waals surface area contributed by atoms with Gasteiger partial charge in [0.25, 0.3) is 0 Å². The summed E-state index contributed by atoms with van der Waals surface area (Å²) in [5.41, 5.74) is 5.99. The van der Waals surface area contributed by atoms with Crippen molar-refractivity contribution in [2.24, 2.45) is 0 Å². The summed E-state index contributed by atoms with van der Waals surface area (Å²) in [4.78, 5) is 11.7. The molecular weight excluding hydrogens is 529 g/mol. The van der Waals surface area contributed by atoms with Crippen LogP contribution in [0.5, 0.6) is 5.75 Å². The number of hydrogen-bond acceptors (Lipinski definition) is 4. The fourth-order valence-electron chi connectivity index (χ4n) is 6.34. The molecule has 0 radical (unpaired) electrons. The van der Waals surface area contributed by atoms with Gasteiger partial charge >= 0.3 is 12.1 Å². The molecule has 8 heteroatoms. The van der Waals surface area contributed by atoms with Crippen LogP contribution in [0, 0.1) is 6.92 Å². The molecule has 3 aromatic carbocycles. The molecule has 212 valence electrons. The third-order valence-corrected chi connectivity index (χ3v) is 8.45. The molecule has 0 fully saturated rings. The summed E-state index contributed by atoms with van der Waals surface area (Å²) in [6.45, 7) is 2.39. The zero-order valence-corrected chi connectivity index (χ0v) is 23.0. The number of esters is 1. The van der Waals surface area contributed by atoms with Crippen molar-refractivity contribution >= 4 is 5.97 Å². The third kappa shape index (κ3) is 5.23. The molecule has 4 aromatic rings. The number of ether oxygens (including phenoxy) is 2. The Morgan fingerprint density at radius 1 is 1.05 bits per heavy atom. The van der Waals surface area contributed by atoms with Crippen molar-refractivity contribution in [2.45, 2.75) is 57.0 Å². The molecule has 0 bridgehead atoms. The number of aromatic nitrogens is 2. The maximum Gasteiger partial charge on any atom is 0.417 e. The Bertz CT molecular complexity index is 1590. The predicted octanol–water partition coefficient (Wildman–Crippen LogP) is 7.57. The first-order valence-corrected chi connectivity index (χ1v) is 13.9. The van der Waals surface area contributed by atoms with Crippen molar-refractivity contribution in [3.05, 3.63) is 100 Å². The highest BCUT2D eigenvalue weighted by Crippen LogP contribution is 2.47. The van der Waals surface area contributed by atoms with Gasteiger partial charge in [0.2, 0.25) is 0 Å². The molecule has 1 aliphatic heterocycles. The molecule has 41 heavy (non-hydrogen) atoms. The number of carbonyl (C=O) groups excluding carboxylic acids is 1. The topological polar surface area (TPSA) is 53.4 Å². The maximum atomic E-state index is 14.2. The van der Waals surface area contributed by atoms with E-state index in [2.05, 4.69) is 11.2 Å². The monoisotopic (exact) mass is 560 g/mol. The van der Waals surface area contributed by atoms with Crippen molar-refractivity contribution in [1.82, 2.24) is 9.78 Å². The van der Waals surface area contributed by atoms with E-state index in [9.17, 15) is 18.0 Å². The second-order valence-corrected chi connectivity index (χ2v) is 10.9. The van der Waals surface area contributed by atoms with E-state index in [-0.39, 0.29) is 24.2 Å². The van der Waals surface area contributed by atoms with Crippen LogP contribution in [0.15, 0.2) is 66.9 Å². The standard InChI is InChI=1S/C33H31F3N2O3/c1-20-15-16-37-38(20)25-9-6-23(7-10-25)32-28-12-8-22(26(28)13-14-29(32)33(34,35)36)5-3-21-4-11-27-24(18-31(39)40-2)19-41-30(27)17-21/h4,6-7,9-11,13-17,22,24H,3,5,8,12,18-19H2,1-2H3/t22-,24-/m1/s1. The second kappa shape index (κ2) is 10.7. The lowest BCUT2D eigenvalue weighted by atomic mass is 9.88. The lowest BCUT2D eigenvalue weighted by Crippen LogP contribution is -2.10. The minimum Gasteiger partial charge on any atom is -0.493 e. The van der Waals surface area contributed by atoms with Crippen LogP contribution in [0.2, 0.25) is 0 Å². The minimum atomic E-state index is -4.45. The lowest BCUT2D eigenvalue weighted by Gasteiger charge is -2.19. The molecule has 0 N–H and O–H groups in total. The number of fused-ring (bicyclic) bond motifs is 2. The van der Waals surface area contributed by atoms with E-state index in [1.807, 2.05) is 37.3 Å². The Morgan fingerprint density at radius 3 is 2.54 bits per heavy atom. The zero-order chi connectivity index (χ0) is 28.7. The number of aryl methyl sites for hydroxylation is 2. The number of halogens is 3. The molecule has 0 spiro atoms. The predicted molar refractivity (Wildman–Crippen MR) is 149 cm³/mol. The number of hydrogen-bond donors (Lipinski definition) is 0. The van der Waals surface area contributed by atoms with E-state index in [4.69, 9.17) is 9.47 Å². The quantitative estimate of drug-likeness (QED) is 0.219. The molecule has 1 aliphatic carbocycles. The molecule has 6 rings (SSSR count). The molecule has 5 nitrogen and oxygen atoms in total. The van der Waals surface area contributed by atoms with Crippen LogP contribution >= 0.6 is 0 Å². The smallest absolute Gasteiger partial charge is 0.417 e. The number of alkyl halides is 3. The number of nitrogens with zero attached hydrogens (tertiary/aromatic N) is 2. The van der Waals surface area contributed by atoms with Crippen LogP contribution in [-0.4, -0.2) is 29.5 Å². The highest BCUT2D eigenvalue weighted by Gasteiger charge is 2.37. The van der Waals surface area contributed by atoms with Gasteiger partial charge in [-0.25, -0.2) is 4.68 Å². The summed E-state index contributed by atoms with van der Waals surface area (Å²) >= 11 is 0. The van der Waals surface area contributed by atoms with E-state index >= 15 is 0 Å². The molecule has 0 saturated carbocycles. The van der Waals surface area contributed by atoms with Gasteiger partial charge in [0.1, 0.15) is 5.75 Å². The van der Waals surface area contributed by atoms with Gasteiger partial charge in [-0.05, 0) is 96.7 Å². The second-order valence-electron chi connectivity index (χ2n) is 10.9. The summed E-state index contributed by atoms with van der Waals surface area (Å²) in [5, 5.41) is 4.31. The zero-order valence-electron chi connectivity index (χ0n) is 23.0. The summed E-state index contributed by atoms with van der Waals surface area (Å²) < 4.78 is 55.0. The number of carbonyl (C=O) groups is 1. The Labute approximate surface area is 236 Å². The first kappa shape index (κ1) is 27.1. The van der Waals surface area contributed by atoms with Gasteiger partial charge in [0.05, 0.1) is 31.4 Å². The van der Waals surface area contributed by atoms with E-state index < -0.39 is 11.7 Å². The highest BCUT2D eigenvalue weighted by molar-refractivity contribution is 5.75. The van der Waals surface area contributed by atoms with Crippen molar-refractivity contribution in [1.29, 1.82) is 0 Å². The summed E-state index contributed by atoms with van der Waals surface area (Å²) in [7, 11) is 1.38. The van der Waals surface area contributed by atoms with Crippen LogP contribution in [0.1, 0.15) is 64.6 Å². The maximum absolute atomic E-state index is 14.2. The summed E-state index contributed by atoms with van der Waals surface area (Å²) in [6, 6.07) is 18.1. The molecule has 2 atom stereocenters. The van der Waals surface area contributed by atoms with E-state index in [1.54, 1.807) is 29.1 Å². The van der Waals surface area contributed by atoms with Gasteiger partial charge in [0, 0.05) is 23.4 Å². The largest absolute Gasteiger partial charge is 0.493 e. The van der Waals surface area contributed by atoms with Gasteiger partial charge < -0.3 is 9.47 Å². The third-order valence-electron chi connectivity index (χ3n) is 8.45. The fraction of sp³-hybridized carbons (Fsp3) is 0.333. The van der Waals surface area contributed by atoms with Crippen LogP contribution in [0.25, 0.3) is 16.8 Å². The number of benzene rings is 3. The van der Waals surface area contributed by atoms with Crippen molar-refractivity contribution in [2.75, 3.05) is 13.7 Å². The highest BCUT2D eigenvalue weighted by atomic mass is 19.4. The molecular formula is C33H31F3N2O3. The lowest BCUT2D eigenvalue weighted by molar-refractivity contribution is -0.141. The number of methoxy groups -OCH3 is 1. The first-order chi connectivity index (χ1) is 19.7. The van der Waals surface area contributed by atoms with Gasteiger partial charge in [-0.3, -0.25) is 4.79 Å². The summed E-state index contributed by atoms with van der Waals surface area (Å²) in [6.07, 6.45) is 0.591. The first-order valence-electron chi connectivity index (χ1n) is 13.9. The summed E-state index contributed by atoms with van der Waals surface area (Å²) in [5.74, 6) is 0.715. The minimum absolute atomic E-state index is 0.00732. The fourth-order valence-corrected chi connectivity index (χ4v) is 6.34. The van der Waals surface area contributed by atoms with Crippen molar-refractivity contribution in [3.63, 3.8) is 0 Å². The van der Waals surface area contributed by atoms with Gasteiger partial charge in [-0.2, -0.15) is 18.3 Å². The molecule has 0 unspecified atom stereocenters. The Morgan fingerprint density at radius 2 is 1.83 bits per heavy atom. The van der Waals surface area contributed by atoms with E-state index in [0.717, 1.165) is 58.6 Å². The average molecular weight is 561 g/mol. The van der Waals surface area contributed by atoms with Crippen LogP contribution in [0.4, 0.5) is 13.2 Å². The van der Waals surface area contributed by atoms with E-state index in [0.29, 0.717) is 24.2 Å². The molecule has 0 saturated heterocycles. The van der Waals surface area contributed by atoms with Gasteiger partial charge in [0.15, 0.2) is 0 Å².